The van der Waals surface area contributed by atoms with Gasteiger partial charge in [0.15, 0.2) is 0 Å². The van der Waals surface area contributed by atoms with E-state index in [4.69, 9.17) is 5.11 Å². The number of halogens is 1. The third-order valence-electron chi connectivity index (χ3n) is 3.27. The van der Waals surface area contributed by atoms with Gasteiger partial charge in [0.2, 0.25) is 0 Å². The van der Waals surface area contributed by atoms with Crippen LogP contribution in [0, 0.1) is 5.82 Å². The van der Waals surface area contributed by atoms with Gasteiger partial charge in [-0.1, -0.05) is 13.8 Å². The highest BCUT2D eigenvalue weighted by Crippen LogP contribution is 2.25. The summed E-state index contributed by atoms with van der Waals surface area (Å²) in [6.07, 6.45) is 4.41. The Morgan fingerprint density at radius 2 is 2.05 bits per heavy atom. The monoisotopic (exact) mass is 265 g/mol. The molecule has 0 radical (unpaired) electrons. The number of anilines is 1. The van der Waals surface area contributed by atoms with E-state index in [0.717, 1.165) is 24.6 Å². The maximum absolute atomic E-state index is 13.3. The van der Waals surface area contributed by atoms with Crippen LogP contribution >= 0.6 is 0 Å². The van der Waals surface area contributed by atoms with Gasteiger partial charge in [-0.15, -0.1) is 0 Å². The van der Waals surface area contributed by atoms with Crippen LogP contribution in [-0.4, -0.2) is 24.2 Å². The molecule has 0 unspecified atom stereocenters. The summed E-state index contributed by atoms with van der Waals surface area (Å²) in [5.41, 5.74) is 1.42. The highest BCUT2D eigenvalue weighted by Gasteiger charge is 2.14. The Bertz CT molecular complexity index is 467. The standard InChI is InChI=1S/C15H20FNO2/c1-4-13(5-2)17(3)14-8-7-12(16)10-11(14)6-9-15(18)19/h6-10,13H,4-5H2,1-3H3,(H,18,19)/b9-6+. The normalized spacial score (nSPS) is 11.2. The SMILES string of the molecule is CCC(CC)N(C)c1ccc(F)cc1/C=C/C(=O)O. The van der Waals surface area contributed by atoms with Gasteiger partial charge in [-0.25, -0.2) is 9.18 Å². The smallest absolute Gasteiger partial charge is 0.328 e. The quantitative estimate of drug-likeness (QED) is 0.800. The summed E-state index contributed by atoms with van der Waals surface area (Å²) in [4.78, 5) is 12.7. The molecule has 0 aromatic heterocycles. The van der Waals surface area contributed by atoms with E-state index >= 15 is 0 Å². The Labute approximate surface area is 113 Å². The minimum absolute atomic E-state index is 0.349. The van der Waals surface area contributed by atoms with E-state index in [1.165, 1.54) is 18.2 Å². The second kappa shape index (κ2) is 6.92. The molecule has 1 aromatic carbocycles. The number of carbonyl (C=O) groups is 1. The predicted molar refractivity (Wildman–Crippen MR) is 75.8 cm³/mol. The van der Waals surface area contributed by atoms with Crippen molar-refractivity contribution in [3.8, 4) is 0 Å². The Hall–Kier alpha value is -1.84. The fraction of sp³-hybridized carbons (Fsp3) is 0.400. The van der Waals surface area contributed by atoms with E-state index in [2.05, 4.69) is 18.7 Å². The second-order valence-corrected chi connectivity index (χ2v) is 4.46. The maximum Gasteiger partial charge on any atom is 0.328 e. The van der Waals surface area contributed by atoms with Crippen LogP contribution in [-0.2, 0) is 4.79 Å². The molecule has 0 aliphatic heterocycles. The van der Waals surface area contributed by atoms with Crippen molar-refractivity contribution in [3.05, 3.63) is 35.7 Å². The molecule has 3 nitrogen and oxygen atoms in total. The van der Waals surface area contributed by atoms with Gasteiger partial charge in [0.25, 0.3) is 0 Å². The lowest BCUT2D eigenvalue weighted by Crippen LogP contribution is -2.30. The fourth-order valence-electron chi connectivity index (χ4n) is 2.17. The van der Waals surface area contributed by atoms with Crippen LogP contribution in [0.5, 0.6) is 0 Å². The average Bonchev–Trinajstić information content (AvgIpc) is 2.37. The zero-order valence-corrected chi connectivity index (χ0v) is 11.6. The number of benzene rings is 1. The van der Waals surface area contributed by atoms with Crippen molar-refractivity contribution in [2.75, 3.05) is 11.9 Å². The lowest BCUT2D eigenvalue weighted by atomic mass is 10.1. The first-order chi connectivity index (χ1) is 8.99. The van der Waals surface area contributed by atoms with Gasteiger partial charge in [-0.2, -0.15) is 0 Å². The highest BCUT2D eigenvalue weighted by molar-refractivity contribution is 5.87. The summed E-state index contributed by atoms with van der Waals surface area (Å²) >= 11 is 0. The molecule has 0 spiro atoms. The zero-order chi connectivity index (χ0) is 14.4. The third-order valence-corrected chi connectivity index (χ3v) is 3.27. The largest absolute Gasteiger partial charge is 0.478 e. The Kier molecular flexibility index (Phi) is 5.55. The van der Waals surface area contributed by atoms with Gasteiger partial charge >= 0.3 is 5.97 Å². The predicted octanol–water partition coefficient (Wildman–Crippen LogP) is 3.55. The molecule has 104 valence electrons. The fourth-order valence-corrected chi connectivity index (χ4v) is 2.17. The van der Waals surface area contributed by atoms with Crippen molar-refractivity contribution in [3.63, 3.8) is 0 Å². The number of carboxylic acids is 1. The van der Waals surface area contributed by atoms with Gasteiger partial charge in [0.05, 0.1) is 0 Å². The molecule has 1 aromatic rings. The summed E-state index contributed by atoms with van der Waals surface area (Å²) < 4.78 is 13.3. The Morgan fingerprint density at radius 1 is 1.42 bits per heavy atom. The Balaban J connectivity index is 3.15. The first kappa shape index (κ1) is 15.2. The molecular weight excluding hydrogens is 245 g/mol. The minimum Gasteiger partial charge on any atom is -0.478 e. The second-order valence-electron chi connectivity index (χ2n) is 4.46. The molecule has 0 fully saturated rings. The molecule has 0 heterocycles. The van der Waals surface area contributed by atoms with Gasteiger partial charge in [-0.05, 0) is 37.1 Å². The van der Waals surface area contributed by atoms with Gasteiger partial charge in [0.1, 0.15) is 5.82 Å². The molecule has 0 aliphatic carbocycles. The molecule has 0 amide bonds. The number of rotatable bonds is 6. The van der Waals surface area contributed by atoms with Crippen LogP contribution in [0.3, 0.4) is 0 Å². The number of hydrogen-bond acceptors (Lipinski definition) is 2. The van der Waals surface area contributed by atoms with Crippen molar-refractivity contribution >= 4 is 17.7 Å². The van der Waals surface area contributed by atoms with Crippen molar-refractivity contribution in [1.82, 2.24) is 0 Å². The summed E-state index contributed by atoms with van der Waals surface area (Å²) in [5.74, 6) is -1.41. The van der Waals surface area contributed by atoms with Crippen LogP contribution < -0.4 is 4.90 Å². The van der Waals surface area contributed by atoms with Gasteiger partial charge in [0, 0.05) is 30.4 Å². The third kappa shape index (κ3) is 4.09. The first-order valence-corrected chi connectivity index (χ1v) is 6.43. The van der Waals surface area contributed by atoms with E-state index in [9.17, 15) is 9.18 Å². The zero-order valence-electron chi connectivity index (χ0n) is 11.6. The molecule has 0 atom stereocenters. The van der Waals surface area contributed by atoms with Crippen molar-refractivity contribution in [1.29, 1.82) is 0 Å². The summed E-state index contributed by atoms with van der Waals surface area (Å²) in [7, 11) is 1.95. The van der Waals surface area contributed by atoms with Crippen molar-refractivity contribution in [2.24, 2.45) is 0 Å². The van der Waals surface area contributed by atoms with Crippen LogP contribution in [0.25, 0.3) is 6.08 Å². The van der Waals surface area contributed by atoms with Crippen LogP contribution in [0.2, 0.25) is 0 Å². The number of hydrogen-bond donors (Lipinski definition) is 1. The first-order valence-electron chi connectivity index (χ1n) is 6.43. The van der Waals surface area contributed by atoms with E-state index in [1.54, 1.807) is 6.07 Å². The molecule has 0 aliphatic rings. The van der Waals surface area contributed by atoms with E-state index < -0.39 is 5.97 Å². The summed E-state index contributed by atoms with van der Waals surface area (Å²) in [6, 6.07) is 4.79. The molecule has 4 heteroatoms. The summed E-state index contributed by atoms with van der Waals surface area (Å²) in [6.45, 7) is 4.20. The maximum atomic E-state index is 13.3. The number of carboxylic acid groups (broad SMARTS) is 1. The molecule has 1 rings (SSSR count). The average molecular weight is 265 g/mol. The van der Waals surface area contributed by atoms with Crippen LogP contribution in [0.1, 0.15) is 32.3 Å². The van der Waals surface area contributed by atoms with Crippen molar-refractivity contribution in [2.45, 2.75) is 32.7 Å². The Morgan fingerprint density at radius 3 is 2.58 bits per heavy atom. The van der Waals surface area contributed by atoms with Gasteiger partial charge < -0.3 is 10.0 Å². The molecular formula is C15H20FNO2. The van der Waals surface area contributed by atoms with E-state index in [-0.39, 0.29) is 5.82 Å². The van der Waals surface area contributed by atoms with Crippen molar-refractivity contribution < 1.29 is 14.3 Å². The lowest BCUT2D eigenvalue weighted by Gasteiger charge is -2.29. The molecule has 0 bridgehead atoms. The number of aliphatic carboxylic acids is 1. The summed E-state index contributed by atoms with van der Waals surface area (Å²) in [5, 5.41) is 8.68. The topological polar surface area (TPSA) is 40.5 Å². The van der Waals surface area contributed by atoms with Gasteiger partial charge in [-0.3, -0.25) is 0 Å². The molecule has 0 saturated heterocycles. The van der Waals surface area contributed by atoms with Crippen LogP contribution in [0.4, 0.5) is 10.1 Å². The minimum atomic E-state index is -1.04. The van der Waals surface area contributed by atoms with E-state index in [1.807, 2.05) is 7.05 Å². The van der Waals surface area contributed by atoms with Crippen LogP contribution in [0.15, 0.2) is 24.3 Å². The lowest BCUT2D eigenvalue weighted by molar-refractivity contribution is -0.131. The highest BCUT2D eigenvalue weighted by atomic mass is 19.1. The molecule has 1 N–H and O–H groups in total. The van der Waals surface area contributed by atoms with E-state index in [0.29, 0.717) is 11.6 Å². The number of nitrogens with zero attached hydrogens (tertiary/aromatic N) is 1. The molecule has 19 heavy (non-hydrogen) atoms. The molecule has 0 saturated carbocycles.